The molecule has 0 saturated heterocycles. The van der Waals surface area contributed by atoms with Gasteiger partial charge in [0.15, 0.2) is 11.5 Å². The number of rotatable bonds is 3. The Balaban J connectivity index is 2.30. The van der Waals surface area contributed by atoms with Crippen LogP contribution in [0.25, 0.3) is 17.0 Å². The van der Waals surface area contributed by atoms with E-state index in [2.05, 4.69) is 15.2 Å². The molecule has 0 unspecified atom stereocenters. The van der Waals surface area contributed by atoms with Gasteiger partial charge >= 0.3 is 0 Å². The molecular formula is C13H11ClN4O2. The SMILES string of the molecule is COc1cccc(OC)c1-c1nnc2cc(Cl)ncn12. The molecule has 0 spiro atoms. The average molecular weight is 291 g/mol. The molecule has 3 aromatic rings. The molecule has 1 aromatic carbocycles. The number of methoxy groups -OCH3 is 2. The van der Waals surface area contributed by atoms with Gasteiger partial charge in [0.05, 0.1) is 14.2 Å². The molecule has 0 amide bonds. The summed E-state index contributed by atoms with van der Waals surface area (Å²) in [5.41, 5.74) is 1.32. The zero-order valence-electron chi connectivity index (χ0n) is 10.9. The number of hydrogen-bond donors (Lipinski definition) is 0. The van der Waals surface area contributed by atoms with Crippen LogP contribution in [0.1, 0.15) is 0 Å². The minimum atomic E-state index is 0.364. The third-order valence-electron chi connectivity index (χ3n) is 2.92. The Morgan fingerprint density at radius 3 is 2.45 bits per heavy atom. The second-order valence-electron chi connectivity index (χ2n) is 4.00. The van der Waals surface area contributed by atoms with Crippen LogP contribution in [-0.2, 0) is 0 Å². The number of fused-ring (bicyclic) bond motifs is 1. The highest BCUT2D eigenvalue weighted by Crippen LogP contribution is 2.37. The smallest absolute Gasteiger partial charge is 0.177 e. The van der Waals surface area contributed by atoms with Gasteiger partial charge in [-0.15, -0.1) is 10.2 Å². The fourth-order valence-electron chi connectivity index (χ4n) is 2.01. The van der Waals surface area contributed by atoms with Crippen LogP contribution in [0.3, 0.4) is 0 Å². The number of hydrogen-bond acceptors (Lipinski definition) is 5. The summed E-state index contributed by atoms with van der Waals surface area (Å²) in [6.45, 7) is 0. The molecular weight excluding hydrogens is 280 g/mol. The topological polar surface area (TPSA) is 61.5 Å². The maximum absolute atomic E-state index is 5.85. The summed E-state index contributed by atoms with van der Waals surface area (Å²) in [7, 11) is 3.19. The van der Waals surface area contributed by atoms with Gasteiger partial charge in [0.1, 0.15) is 28.5 Å². The van der Waals surface area contributed by atoms with Crippen molar-refractivity contribution in [2.45, 2.75) is 0 Å². The summed E-state index contributed by atoms with van der Waals surface area (Å²) in [5, 5.41) is 8.63. The molecule has 102 valence electrons. The lowest BCUT2D eigenvalue weighted by Crippen LogP contribution is -1.97. The fraction of sp³-hybridized carbons (Fsp3) is 0.154. The summed E-state index contributed by atoms with van der Waals surface area (Å²) in [4.78, 5) is 4.04. The first kappa shape index (κ1) is 12.7. The van der Waals surface area contributed by atoms with Gasteiger partial charge in [-0.2, -0.15) is 0 Å². The first-order valence-electron chi connectivity index (χ1n) is 5.82. The predicted octanol–water partition coefficient (Wildman–Crippen LogP) is 2.46. The van der Waals surface area contributed by atoms with E-state index in [1.54, 1.807) is 31.0 Å². The van der Waals surface area contributed by atoms with Crippen LogP contribution in [-0.4, -0.2) is 33.8 Å². The summed E-state index contributed by atoms with van der Waals surface area (Å²) in [6, 6.07) is 7.16. The molecule has 20 heavy (non-hydrogen) atoms. The van der Waals surface area contributed by atoms with Crippen molar-refractivity contribution in [3.05, 3.63) is 35.7 Å². The van der Waals surface area contributed by atoms with Gasteiger partial charge in [-0.05, 0) is 12.1 Å². The van der Waals surface area contributed by atoms with E-state index in [0.29, 0.717) is 33.7 Å². The van der Waals surface area contributed by atoms with Gasteiger partial charge in [0, 0.05) is 6.07 Å². The number of aromatic nitrogens is 4. The summed E-state index contributed by atoms with van der Waals surface area (Å²) in [6.07, 6.45) is 1.57. The van der Waals surface area contributed by atoms with Crippen LogP contribution in [0.15, 0.2) is 30.6 Å². The average Bonchev–Trinajstić information content (AvgIpc) is 2.88. The van der Waals surface area contributed by atoms with E-state index < -0.39 is 0 Å². The number of halogens is 1. The van der Waals surface area contributed by atoms with Crippen LogP contribution >= 0.6 is 11.6 Å². The second-order valence-corrected chi connectivity index (χ2v) is 4.39. The van der Waals surface area contributed by atoms with Crippen molar-refractivity contribution >= 4 is 17.2 Å². The highest BCUT2D eigenvalue weighted by atomic mass is 35.5. The summed E-state index contributed by atoms with van der Waals surface area (Å²) < 4.78 is 12.5. The predicted molar refractivity (Wildman–Crippen MR) is 74.3 cm³/mol. The lowest BCUT2D eigenvalue weighted by atomic mass is 10.1. The first-order valence-corrected chi connectivity index (χ1v) is 6.20. The van der Waals surface area contributed by atoms with E-state index >= 15 is 0 Å². The molecule has 0 radical (unpaired) electrons. The van der Waals surface area contributed by atoms with E-state index in [1.807, 2.05) is 18.2 Å². The molecule has 2 aromatic heterocycles. The van der Waals surface area contributed by atoms with E-state index in [-0.39, 0.29) is 0 Å². The summed E-state index contributed by atoms with van der Waals surface area (Å²) >= 11 is 5.85. The minimum absolute atomic E-state index is 0.364. The van der Waals surface area contributed by atoms with Crippen molar-refractivity contribution in [1.29, 1.82) is 0 Å². The Bertz CT molecular complexity index is 750. The Labute approximate surface area is 119 Å². The number of benzene rings is 1. The lowest BCUT2D eigenvalue weighted by molar-refractivity contribution is 0.396. The molecule has 0 aliphatic carbocycles. The monoisotopic (exact) mass is 290 g/mol. The zero-order chi connectivity index (χ0) is 14.1. The Morgan fingerprint density at radius 1 is 1.10 bits per heavy atom. The van der Waals surface area contributed by atoms with Crippen molar-refractivity contribution in [1.82, 2.24) is 19.6 Å². The highest BCUT2D eigenvalue weighted by molar-refractivity contribution is 6.29. The van der Waals surface area contributed by atoms with Crippen molar-refractivity contribution in [3.8, 4) is 22.9 Å². The Morgan fingerprint density at radius 2 is 1.80 bits per heavy atom. The van der Waals surface area contributed by atoms with Gasteiger partial charge in [-0.25, -0.2) is 4.98 Å². The lowest BCUT2D eigenvalue weighted by Gasteiger charge is -2.11. The molecule has 0 atom stereocenters. The molecule has 7 heteroatoms. The van der Waals surface area contributed by atoms with Gasteiger partial charge in [-0.3, -0.25) is 4.40 Å². The van der Waals surface area contributed by atoms with E-state index in [9.17, 15) is 0 Å². The molecule has 3 rings (SSSR count). The minimum Gasteiger partial charge on any atom is -0.496 e. The zero-order valence-corrected chi connectivity index (χ0v) is 11.6. The Hall–Kier alpha value is -2.34. The van der Waals surface area contributed by atoms with Crippen LogP contribution in [0.5, 0.6) is 11.5 Å². The maximum Gasteiger partial charge on any atom is 0.177 e. The number of nitrogens with zero attached hydrogens (tertiary/aromatic N) is 4. The van der Waals surface area contributed by atoms with Crippen LogP contribution in [0.4, 0.5) is 0 Å². The second kappa shape index (κ2) is 4.97. The molecule has 6 nitrogen and oxygen atoms in total. The quantitative estimate of drug-likeness (QED) is 0.693. The fourth-order valence-corrected chi connectivity index (χ4v) is 2.16. The van der Waals surface area contributed by atoms with Crippen molar-refractivity contribution in [2.24, 2.45) is 0 Å². The third kappa shape index (κ3) is 1.94. The third-order valence-corrected chi connectivity index (χ3v) is 3.13. The largest absolute Gasteiger partial charge is 0.496 e. The number of ether oxygens (including phenoxy) is 2. The van der Waals surface area contributed by atoms with E-state index in [0.717, 1.165) is 0 Å². The van der Waals surface area contributed by atoms with Gasteiger partial charge in [0.25, 0.3) is 0 Å². The molecule has 0 N–H and O–H groups in total. The molecule has 0 saturated carbocycles. The van der Waals surface area contributed by atoms with Gasteiger partial charge in [0.2, 0.25) is 0 Å². The van der Waals surface area contributed by atoms with Crippen LogP contribution < -0.4 is 9.47 Å². The first-order chi connectivity index (χ1) is 9.74. The van der Waals surface area contributed by atoms with Crippen molar-refractivity contribution < 1.29 is 9.47 Å². The molecule has 0 bridgehead atoms. The van der Waals surface area contributed by atoms with Gasteiger partial charge in [-0.1, -0.05) is 17.7 Å². The highest BCUT2D eigenvalue weighted by Gasteiger charge is 2.18. The summed E-state index contributed by atoms with van der Waals surface area (Å²) in [5.74, 6) is 1.88. The van der Waals surface area contributed by atoms with Crippen LogP contribution in [0.2, 0.25) is 5.15 Å². The van der Waals surface area contributed by atoms with E-state index in [4.69, 9.17) is 21.1 Å². The standard InChI is InChI=1S/C13H11ClN4O2/c1-19-8-4-3-5-9(20-2)12(8)13-17-16-11-6-10(14)15-7-18(11)13/h3-7H,1-2H3. The van der Waals surface area contributed by atoms with Crippen LogP contribution in [0, 0.1) is 0 Å². The molecule has 2 heterocycles. The van der Waals surface area contributed by atoms with Gasteiger partial charge < -0.3 is 9.47 Å². The normalized spacial score (nSPS) is 10.8. The van der Waals surface area contributed by atoms with E-state index in [1.165, 1.54) is 0 Å². The maximum atomic E-state index is 5.85. The molecule has 0 aliphatic heterocycles. The van der Waals surface area contributed by atoms with Crippen molar-refractivity contribution in [2.75, 3.05) is 14.2 Å². The molecule has 0 fully saturated rings. The van der Waals surface area contributed by atoms with Crippen molar-refractivity contribution in [3.63, 3.8) is 0 Å². The molecule has 0 aliphatic rings. The Kier molecular flexibility index (Phi) is 3.15.